The fraction of sp³-hybridized carbons (Fsp3) is 0.167. The van der Waals surface area contributed by atoms with Crippen LogP contribution in [-0.2, 0) is 16.6 Å². The van der Waals surface area contributed by atoms with Gasteiger partial charge in [-0.25, -0.2) is 12.8 Å². The Bertz CT molecular complexity index is 711. The van der Waals surface area contributed by atoms with Gasteiger partial charge in [-0.1, -0.05) is 0 Å². The maximum atomic E-state index is 13.3. The Morgan fingerprint density at radius 3 is 2.60 bits per heavy atom. The number of nitrogens with two attached hydrogens (primary N) is 1. The summed E-state index contributed by atoms with van der Waals surface area (Å²) in [5.41, 5.74) is 5.56. The number of hydrogen-bond acceptors (Lipinski definition) is 4. The molecule has 0 atom stereocenters. The van der Waals surface area contributed by atoms with Gasteiger partial charge in [0, 0.05) is 34.0 Å². The van der Waals surface area contributed by atoms with Gasteiger partial charge in [0.2, 0.25) is 10.0 Å². The van der Waals surface area contributed by atoms with Gasteiger partial charge in [-0.05, 0) is 40.2 Å². The van der Waals surface area contributed by atoms with E-state index in [0.717, 1.165) is 21.5 Å². The second-order valence-electron chi connectivity index (χ2n) is 4.21. The van der Waals surface area contributed by atoms with E-state index in [2.05, 4.69) is 15.9 Å². The average molecular weight is 379 g/mol. The van der Waals surface area contributed by atoms with Crippen molar-refractivity contribution in [2.45, 2.75) is 11.4 Å². The number of nitrogens with zero attached hydrogens (tertiary/aromatic N) is 1. The minimum Gasteiger partial charge on any atom is -0.399 e. The normalized spacial score (nSPS) is 12.0. The Morgan fingerprint density at radius 2 is 2.05 bits per heavy atom. The number of sulfonamides is 1. The molecule has 0 aliphatic heterocycles. The van der Waals surface area contributed by atoms with Crippen molar-refractivity contribution in [3.05, 3.63) is 44.8 Å². The minimum absolute atomic E-state index is 0.0795. The molecule has 20 heavy (non-hydrogen) atoms. The van der Waals surface area contributed by atoms with Crippen LogP contribution in [0.4, 0.5) is 10.1 Å². The van der Waals surface area contributed by atoms with Gasteiger partial charge in [-0.15, -0.1) is 11.3 Å². The van der Waals surface area contributed by atoms with Crippen LogP contribution in [0.25, 0.3) is 0 Å². The largest absolute Gasteiger partial charge is 0.399 e. The first kappa shape index (κ1) is 15.4. The first-order chi connectivity index (χ1) is 9.29. The number of rotatable bonds is 4. The SMILES string of the molecule is CN(Cc1cc(Br)cs1)S(=O)(=O)c1cc(N)cc(F)c1. The zero-order chi connectivity index (χ0) is 14.9. The third kappa shape index (κ3) is 3.38. The lowest BCUT2D eigenvalue weighted by Crippen LogP contribution is -2.26. The summed E-state index contributed by atoms with van der Waals surface area (Å²) in [6.45, 7) is 0.217. The third-order valence-corrected chi connectivity index (χ3v) is 6.07. The fourth-order valence-electron chi connectivity index (χ4n) is 1.65. The molecule has 2 aromatic rings. The van der Waals surface area contributed by atoms with E-state index in [1.165, 1.54) is 28.8 Å². The van der Waals surface area contributed by atoms with Crippen LogP contribution in [-0.4, -0.2) is 19.8 Å². The van der Waals surface area contributed by atoms with Gasteiger partial charge in [-0.3, -0.25) is 0 Å². The number of halogens is 2. The molecule has 1 aromatic heterocycles. The summed E-state index contributed by atoms with van der Waals surface area (Å²) in [6, 6.07) is 5.14. The van der Waals surface area contributed by atoms with Gasteiger partial charge in [-0.2, -0.15) is 4.31 Å². The fourth-order valence-corrected chi connectivity index (χ4v) is 4.46. The summed E-state index contributed by atoms with van der Waals surface area (Å²) >= 11 is 4.76. The minimum atomic E-state index is -3.77. The van der Waals surface area contributed by atoms with Gasteiger partial charge in [0.15, 0.2) is 0 Å². The summed E-state index contributed by atoms with van der Waals surface area (Å²) in [5.74, 6) is -0.671. The molecule has 1 aromatic carbocycles. The highest BCUT2D eigenvalue weighted by molar-refractivity contribution is 9.10. The predicted molar refractivity (Wildman–Crippen MR) is 81.5 cm³/mol. The molecule has 0 saturated carbocycles. The topological polar surface area (TPSA) is 63.4 Å². The van der Waals surface area contributed by atoms with Crippen molar-refractivity contribution in [2.75, 3.05) is 12.8 Å². The summed E-state index contributed by atoms with van der Waals surface area (Å²) in [7, 11) is -2.32. The summed E-state index contributed by atoms with van der Waals surface area (Å²) in [4.78, 5) is 0.737. The van der Waals surface area contributed by atoms with Crippen LogP contribution < -0.4 is 5.73 Å². The molecule has 0 aliphatic rings. The van der Waals surface area contributed by atoms with E-state index in [0.29, 0.717) is 0 Å². The van der Waals surface area contributed by atoms with Crippen LogP contribution in [0.2, 0.25) is 0 Å². The van der Waals surface area contributed by atoms with E-state index in [9.17, 15) is 12.8 Å². The average Bonchev–Trinajstić information content (AvgIpc) is 2.73. The highest BCUT2D eigenvalue weighted by Gasteiger charge is 2.22. The summed E-state index contributed by atoms with van der Waals surface area (Å²) in [6.07, 6.45) is 0. The smallest absolute Gasteiger partial charge is 0.243 e. The van der Waals surface area contributed by atoms with Crippen LogP contribution in [0.15, 0.2) is 39.0 Å². The highest BCUT2D eigenvalue weighted by atomic mass is 79.9. The first-order valence-corrected chi connectivity index (χ1v) is 8.65. The molecule has 0 radical (unpaired) electrons. The van der Waals surface area contributed by atoms with Crippen molar-refractivity contribution < 1.29 is 12.8 Å². The van der Waals surface area contributed by atoms with Crippen molar-refractivity contribution in [1.82, 2.24) is 4.31 Å². The van der Waals surface area contributed by atoms with Gasteiger partial charge in [0.1, 0.15) is 5.82 Å². The first-order valence-electron chi connectivity index (χ1n) is 5.54. The molecule has 8 heteroatoms. The van der Waals surface area contributed by atoms with Crippen molar-refractivity contribution in [3.63, 3.8) is 0 Å². The maximum Gasteiger partial charge on any atom is 0.243 e. The zero-order valence-electron chi connectivity index (χ0n) is 10.5. The van der Waals surface area contributed by atoms with Gasteiger partial charge in [0.05, 0.1) is 4.90 Å². The van der Waals surface area contributed by atoms with Crippen LogP contribution in [0.1, 0.15) is 4.88 Å². The molecule has 0 fully saturated rings. The number of benzene rings is 1. The lowest BCUT2D eigenvalue weighted by Gasteiger charge is -2.16. The Hall–Kier alpha value is -0.960. The number of nitrogen functional groups attached to an aromatic ring is 1. The van der Waals surface area contributed by atoms with Gasteiger partial charge >= 0.3 is 0 Å². The highest BCUT2D eigenvalue weighted by Crippen LogP contribution is 2.24. The summed E-state index contributed by atoms with van der Waals surface area (Å²) < 4.78 is 40.0. The molecule has 2 N–H and O–H groups in total. The van der Waals surface area contributed by atoms with Crippen LogP contribution in [0, 0.1) is 5.82 Å². The van der Waals surface area contributed by atoms with E-state index in [1.54, 1.807) is 0 Å². The number of anilines is 1. The lowest BCUT2D eigenvalue weighted by molar-refractivity contribution is 0.469. The predicted octanol–water partition coefficient (Wildman–Crippen LogP) is 3.05. The maximum absolute atomic E-state index is 13.3. The van der Waals surface area contributed by atoms with Crippen molar-refractivity contribution in [1.29, 1.82) is 0 Å². The Balaban J connectivity index is 2.29. The molecule has 0 aliphatic carbocycles. The molecular formula is C12H12BrFN2O2S2. The number of hydrogen-bond donors (Lipinski definition) is 1. The second kappa shape index (κ2) is 5.80. The quantitative estimate of drug-likeness (QED) is 0.831. The molecule has 0 bridgehead atoms. The number of thiophene rings is 1. The van der Waals surface area contributed by atoms with E-state index >= 15 is 0 Å². The van der Waals surface area contributed by atoms with Crippen molar-refractivity contribution in [3.8, 4) is 0 Å². The molecule has 4 nitrogen and oxygen atoms in total. The molecule has 1 heterocycles. The monoisotopic (exact) mass is 378 g/mol. The van der Waals surface area contributed by atoms with E-state index < -0.39 is 15.8 Å². The molecular weight excluding hydrogens is 367 g/mol. The van der Waals surface area contributed by atoms with Crippen molar-refractivity contribution in [2.24, 2.45) is 0 Å². The lowest BCUT2D eigenvalue weighted by atomic mass is 10.3. The van der Waals surface area contributed by atoms with Crippen LogP contribution in [0.3, 0.4) is 0 Å². The Labute approximate surface area is 129 Å². The molecule has 108 valence electrons. The van der Waals surface area contributed by atoms with Gasteiger partial charge in [0.25, 0.3) is 0 Å². The Morgan fingerprint density at radius 1 is 1.35 bits per heavy atom. The van der Waals surface area contributed by atoms with E-state index in [1.807, 2.05) is 11.4 Å². The van der Waals surface area contributed by atoms with Crippen LogP contribution in [0.5, 0.6) is 0 Å². The molecule has 0 saturated heterocycles. The standard InChI is InChI=1S/C12H12BrFN2O2S2/c1-16(6-11-2-8(13)7-19-11)20(17,18)12-4-9(14)3-10(15)5-12/h2-5,7H,6,15H2,1H3. The third-order valence-electron chi connectivity index (χ3n) is 2.60. The molecule has 0 unspecified atom stereocenters. The molecule has 0 spiro atoms. The summed E-state index contributed by atoms with van der Waals surface area (Å²) in [5, 5.41) is 1.87. The Kier molecular flexibility index (Phi) is 4.48. The zero-order valence-corrected chi connectivity index (χ0v) is 13.7. The van der Waals surface area contributed by atoms with E-state index in [4.69, 9.17) is 5.73 Å². The van der Waals surface area contributed by atoms with Gasteiger partial charge < -0.3 is 5.73 Å². The van der Waals surface area contributed by atoms with Crippen LogP contribution >= 0.6 is 27.3 Å². The molecule has 2 rings (SSSR count). The van der Waals surface area contributed by atoms with E-state index in [-0.39, 0.29) is 17.1 Å². The molecule has 0 amide bonds. The second-order valence-corrected chi connectivity index (χ2v) is 8.17. The van der Waals surface area contributed by atoms with Crippen molar-refractivity contribution >= 4 is 43.0 Å².